The van der Waals surface area contributed by atoms with E-state index < -0.39 is 6.04 Å². The van der Waals surface area contributed by atoms with Gasteiger partial charge in [-0.15, -0.1) is 11.8 Å². The summed E-state index contributed by atoms with van der Waals surface area (Å²) in [6, 6.07) is 11.1. The number of amides is 2. The van der Waals surface area contributed by atoms with Crippen molar-refractivity contribution in [3.8, 4) is 11.3 Å². The highest BCUT2D eigenvalue weighted by Crippen LogP contribution is 2.47. The molecule has 2 fully saturated rings. The lowest BCUT2D eigenvalue weighted by Gasteiger charge is -2.29. The van der Waals surface area contributed by atoms with Gasteiger partial charge in [0, 0.05) is 23.8 Å². The first kappa shape index (κ1) is 16.2. The quantitative estimate of drug-likeness (QED) is 0.909. The van der Waals surface area contributed by atoms with Crippen LogP contribution >= 0.6 is 11.8 Å². The van der Waals surface area contributed by atoms with Crippen molar-refractivity contribution in [2.45, 2.75) is 37.2 Å². The van der Waals surface area contributed by atoms with Gasteiger partial charge >= 0.3 is 0 Å². The van der Waals surface area contributed by atoms with Crippen molar-refractivity contribution in [1.82, 2.24) is 15.4 Å². The zero-order valence-corrected chi connectivity index (χ0v) is 14.7. The fourth-order valence-electron chi connectivity index (χ4n) is 3.44. The molecule has 2 aliphatic rings. The average Bonchev–Trinajstić information content (AvgIpc) is 3.30. The van der Waals surface area contributed by atoms with Crippen LogP contribution < -0.4 is 5.32 Å². The number of hydrogen-bond donors (Lipinski definition) is 1. The number of hydrogen-bond acceptors (Lipinski definition) is 5. The molecular formula is C18H19N3O3S. The maximum atomic E-state index is 12.5. The van der Waals surface area contributed by atoms with E-state index in [-0.39, 0.29) is 23.2 Å². The molecule has 2 saturated heterocycles. The molecule has 6 nitrogen and oxygen atoms in total. The van der Waals surface area contributed by atoms with E-state index in [4.69, 9.17) is 4.52 Å². The maximum Gasteiger partial charge on any atom is 0.244 e. The molecule has 2 amide bonds. The number of fused-ring (bicyclic) bond motifs is 1. The van der Waals surface area contributed by atoms with E-state index in [1.165, 1.54) is 0 Å². The lowest BCUT2D eigenvalue weighted by Crippen LogP contribution is -2.49. The molecule has 3 heterocycles. The normalized spacial score (nSPS) is 25.2. The molecule has 1 N–H and O–H groups in total. The van der Waals surface area contributed by atoms with Crippen LogP contribution in [0.5, 0.6) is 0 Å². The highest BCUT2D eigenvalue weighted by molar-refractivity contribution is 8.01. The lowest BCUT2D eigenvalue weighted by atomic mass is 10.1. The second kappa shape index (κ2) is 6.22. The van der Waals surface area contributed by atoms with Crippen molar-refractivity contribution in [2.24, 2.45) is 0 Å². The van der Waals surface area contributed by atoms with Crippen LogP contribution in [0.25, 0.3) is 11.3 Å². The first-order chi connectivity index (χ1) is 12.1. The highest BCUT2D eigenvalue weighted by atomic mass is 32.2. The van der Waals surface area contributed by atoms with Crippen LogP contribution in [0.4, 0.5) is 0 Å². The summed E-state index contributed by atoms with van der Waals surface area (Å²) in [5.41, 5.74) is 1.60. The summed E-state index contributed by atoms with van der Waals surface area (Å²) < 4.78 is 5.34. The van der Waals surface area contributed by atoms with E-state index in [9.17, 15) is 9.59 Å². The number of carbonyl (C=O) groups excluding carboxylic acids is 2. The Morgan fingerprint density at radius 3 is 3.04 bits per heavy atom. The summed E-state index contributed by atoms with van der Waals surface area (Å²) in [6.45, 7) is 2.33. The summed E-state index contributed by atoms with van der Waals surface area (Å²) in [4.78, 5) is 26.2. The molecule has 4 rings (SSSR count). The number of thioether (sulfide) groups is 1. The highest BCUT2D eigenvalue weighted by Gasteiger charge is 2.52. The van der Waals surface area contributed by atoms with Gasteiger partial charge in [0.15, 0.2) is 5.76 Å². The second-order valence-corrected chi connectivity index (χ2v) is 8.03. The van der Waals surface area contributed by atoms with E-state index in [1.807, 2.05) is 43.3 Å². The third-order valence-electron chi connectivity index (χ3n) is 4.81. The molecule has 25 heavy (non-hydrogen) atoms. The first-order valence-electron chi connectivity index (χ1n) is 8.32. The van der Waals surface area contributed by atoms with Crippen molar-refractivity contribution in [2.75, 3.05) is 5.75 Å². The van der Waals surface area contributed by atoms with Crippen LogP contribution in [0.15, 0.2) is 40.9 Å². The van der Waals surface area contributed by atoms with Crippen molar-refractivity contribution in [3.63, 3.8) is 0 Å². The Morgan fingerprint density at radius 2 is 2.24 bits per heavy atom. The van der Waals surface area contributed by atoms with Gasteiger partial charge < -0.3 is 14.7 Å². The molecular weight excluding hydrogens is 338 g/mol. The number of nitrogens with one attached hydrogen (secondary N) is 1. The largest absolute Gasteiger partial charge is 0.356 e. The molecule has 1 aromatic carbocycles. The number of aromatic nitrogens is 1. The molecule has 2 atom stereocenters. The zero-order valence-electron chi connectivity index (χ0n) is 13.9. The third-order valence-corrected chi connectivity index (χ3v) is 6.31. The number of benzene rings is 1. The molecule has 2 aliphatic heterocycles. The maximum absolute atomic E-state index is 12.5. The second-order valence-electron chi connectivity index (χ2n) is 6.53. The molecule has 130 valence electrons. The molecule has 0 saturated carbocycles. The smallest absolute Gasteiger partial charge is 0.244 e. The average molecular weight is 357 g/mol. The summed E-state index contributed by atoms with van der Waals surface area (Å²) in [7, 11) is 0. The molecule has 0 aliphatic carbocycles. The van der Waals surface area contributed by atoms with Gasteiger partial charge in [-0.1, -0.05) is 35.5 Å². The molecule has 2 aromatic rings. The first-order valence-corrected chi connectivity index (χ1v) is 9.30. The monoisotopic (exact) mass is 357 g/mol. The number of nitrogens with zero attached hydrogens (tertiary/aromatic N) is 2. The Morgan fingerprint density at radius 1 is 1.44 bits per heavy atom. The molecule has 0 radical (unpaired) electrons. The van der Waals surface area contributed by atoms with E-state index in [1.54, 1.807) is 16.7 Å². The van der Waals surface area contributed by atoms with E-state index in [2.05, 4.69) is 10.5 Å². The fourth-order valence-corrected chi connectivity index (χ4v) is 4.88. The Bertz CT molecular complexity index is 807. The SMILES string of the molecule is C[C@@]12CCC(=O)N1[C@@H](C(=O)NCc1cc(-c3ccccc3)on1)CS2. The predicted molar refractivity (Wildman–Crippen MR) is 94.5 cm³/mol. The molecule has 7 heteroatoms. The van der Waals surface area contributed by atoms with E-state index >= 15 is 0 Å². The van der Waals surface area contributed by atoms with Crippen molar-refractivity contribution < 1.29 is 14.1 Å². The van der Waals surface area contributed by atoms with Gasteiger partial charge in [0.2, 0.25) is 11.8 Å². The third kappa shape index (κ3) is 2.93. The standard InChI is InChI=1S/C18H19N3O3S/c1-18-8-7-16(22)21(18)14(11-25-18)17(23)19-10-13-9-15(24-20-13)12-5-3-2-4-6-12/h2-6,9,14H,7-8,10-11H2,1H3,(H,19,23)/t14-,18-/m1/s1. The van der Waals surface area contributed by atoms with E-state index in [0.717, 1.165) is 12.0 Å². The summed E-state index contributed by atoms with van der Waals surface area (Å²) in [5.74, 6) is 1.25. The Hall–Kier alpha value is -2.28. The Labute approximate surface area is 149 Å². The molecule has 0 bridgehead atoms. The lowest BCUT2D eigenvalue weighted by molar-refractivity contribution is -0.138. The van der Waals surface area contributed by atoms with Crippen LogP contribution in [-0.2, 0) is 16.1 Å². The van der Waals surface area contributed by atoms with Crippen molar-refractivity contribution in [1.29, 1.82) is 0 Å². The van der Waals surface area contributed by atoms with Gasteiger partial charge in [0.25, 0.3) is 0 Å². The van der Waals surface area contributed by atoms with Crippen molar-refractivity contribution in [3.05, 3.63) is 42.1 Å². The van der Waals surface area contributed by atoms with Crippen LogP contribution in [0.1, 0.15) is 25.5 Å². The zero-order chi connectivity index (χ0) is 17.4. The predicted octanol–water partition coefficient (Wildman–Crippen LogP) is 2.41. The minimum Gasteiger partial charge on any atom is -0.356 e. The Kier molecular flexibility index (Phi) is 4.03. The van der Waals surface area contributed by atoms with Gasteiger partial charge in [0.1, 0.15) is 11.7 Å². The minimum absolute atomic E-state index is 0.0699. The minimum atomic E-state index is -0.398. The van der Waals surface area contributed by atoms with Gasteiger partial charge in [0.05, 0.1) is 11.4 Å². The summed E-state index contributed by atoms with van der Waals surface area (Å²) in [5, 5.41) is 6.90. The molecule has 1 aromatic heterocycles. The number of rotatable bonds is 4. The summed E-state index contributed by atoms with van der Waals surface area (Å²) in [6.07, 6.45) is 1.33. The van der Waals surface area contributed by atoms with E-state index in [0.29, 0.717) is 23.6 Å². The van der Waals surface area contributed by atoms with Crippen LogP contribution in [0.3, 0.4) is 0 Å². The van der Waals surface area contributed by atoms with Crippen molar-refractivity contribution >= 4 is 23.6 Å². The topological polar surface area (TPSA) is 75.4 Å². The van der Waals surface area contributed by atoms with Gasteiger partial charge in [-0.05, 0) is 13.3 Å². The number of carbonyl (C=O) groups is 2. The van der Waals surface area contributed by atoms with Crippen LogP contribution in [0.2, 0.25) is 0 Å². The molecule has 0 unspecified atom stereocenters. The summed E-state index contributed by atoms with van der Waals surface area (Å²) >= 11 is 1.69. The van der Waals surface area contributed by atoms with Crippen LogP contribution in [0, 0.1) is 0 Å². The van der Waals surface area contributed by atoms with Crippen LogP contribution in [-0.4, -0.2) is 38.5 Å². The fraction of sp³-hybridized carbons (Fsp3) is 0.389. The van der Waals surface area contributed by atoms with Gasteiger partial charge in [-0.25, -0.2) is 0 Å². The van der Waals surface area contributed by atoms with Gasteiger partial charge in [-0.2, -0.15) is 0 Å². The molecule has 0 spiro atoms. The van der Waals surface area contributed by atoms with Gasteiger partial charge in [-0.3, -0.25) is 9.59 Å². The Balaban J connectivity index is 1.40.